The van der Waals surface area contributed by atoms with Gasteiger partial charge in [0.15, 0.2) is 0 Å². The van der Waals surface area contributed by atoms with Gasteiger partial charge in [-0.1, -0.05) is 43.2 Å². The number of pyridine rings is 1. The molecule has 0 spiro atoms. The van der Waals surface area contributed by atoms with Crippen molar-refractivity contribution >= 4 is 5.91 Å². The first-order valence-corrected chi connectivity index (χ1v) is 9.58. The van der Waals surface area contributed by atoms with Gasteiger partial charge < -0.3 is 4.90 Å². The molecule has 0 N–H and O–H groups in total. The normalized spacial score (nSPS) is 23.2. The van der Waals surface area contributed by atoms with Crippen molar-refractivity contribution < 1.29 is 4.79 Å². The molecule has 130 valence electrons. The fourth-order valence-electron chi connectivity index (χ4n) is 4.59. The molecule has 2 fully saturated rings. The molecule has 3 nitrogen and oxygen atoms in total. The van der Waals surface area contributed by atoms with Gasteiger partial charge in [0.05, 0.1) is 17.0 Å². The summed E-state index contributed by atoms with van der Waals surface area (Å²) in [6.45, 7) is 2.86. The van der Waals surface area contributed by atoms with Crippen molar-refractivity contribution in [3.63, 3.8) is 0 Å². The second-order valence-electron chi connectivity index (χ2n) is 7.45. The molecule has 1 saturated carbocycles. The molecular formula is C22H26N2O. The summed E-state index contributed by atoms with van der Waals surface area (Å²) >= 11 is 0. The summed E-state index contributed by atoms with van der Waals surface area (Å²) in [5.41, 5.74) is 3.63. The number of hydrogen-bond acceptors (Lipinski definition) is 2. The number of carbonyl (C=O) groups excluding carboxylic acids is 1. The van der Waals surface area contributed by atoms with E-state index in [1.807, 2.05) is 37.3 Å². The number of carbonyl (C=O) groups is 1. The van der Waals surface area contributed by atoms with E-state index >= 15 is 0 Å². The van der Waals surface area contributed by atoms with E-state index in [4.69, 9.17) is 4.98 Å². The van der Waals surface area contributed by atoms with E-state index in [-0.39, 0.29) is 5.91 Å². The summed E-state index contributed by atoms with van der Waals surface area (Å²) in [7, 11) is 0. The van der Waals surface area contributed by atoms with Gasteiger partial charge in [0.25, 0.3) is 5.91 Å². The van der Waals surface area contributed by atoms with Crippen LogP contribution in [0.1, 0.15) is 54.6 Å². The molecule has 0 bridgehead atoms. The molecule has 2 aliphatic rings. The van der Waals surface area contributed by atoms with Crippen molar-refractivity contribution in [1.82, 2.24) is 9.88 Å². The van der Waals surface area contributed by atoms with Gasteiger partial charge in [0, 0.05) is 18.2 Å². The van der Waals surface area contributed by atoms with Crippen molar-refractivity contribution in [3.8, 4) is 11.3 Å². The number of aryl methyl sites for hydroxylation is 1. The maximum atomic E-state index is 13.2. The third-order valence-electron chi connectivity index (χ3n) is 5.89. The molecular weight excluding hydrogens is 308 g/mol. The number of amides is 1. The maximum absolute atomic E-state index is 13.2. The van der Waals surface area contributed by atoms with Crippen molar-refractivity contribution in [2.24, 2.45) is 5.92 Å². The number of aromatic nitrogens is 1. The number of likely N-dealkylation sites (tertiary alicyclic amines) is 1. The van der Waals surface area contributed by atoms with Crippen LogP contribution < -0.4 is 0 Å². The van der Waals surface area contributed by atoms with Gasteiger partial charge in [0.2, 0.25) is 0 Å². The molecule has 2 unspecified atom stereocenters. The zero-order valence-electron chi connectivity index (χ0n) is 14.9. The lowest BCUT2D eigenvalue weighted by atomic mass is 9.78. The third-order valence-corrected chi connectivity index (χ3v) is 5.89. The van der Waals surface area contributed by atoms with Crippen LogP contribution in [0.2, 0.25) is 0 Å². The monoisotopic (exact) mass is 334 g/mol. The number of nitrogens with zero attached hydrogens (tertiary/aromatic N) is 2. The Labute approximate surface area is 150 Å². The van der Waals surface area contributed by atoms with Crippen LogP contribution in [0.5, 0.6) is 0 Å². The number of fused-ring (bicyclic) bond motifs is 1. The Hall–Kier alpha value is -2.16. The van der Waals surface area contributed by atoms with Crippen LogP contribution in [0.3, 0.4) is 0 Å². The van der Waals surface area contributed by atoms with Crippen molar-refractivity contribution in [2.45, 2.75) is 51.5 Å². The molecule has 1 aromatic carbocycles. The van der Waals surface area contributed by atoms with Crippen LogP contribution in [0.4, 0.5) is 0 Å². The average Bonchev–Trinajstić information content (AvgIpc) is 2.67. The summed E-state index contributed by atoms with van der Waals surface area (Å²) in [5.74, 6) is 0.893. The first-order valence-electron chi connectivity index (χ1n) is 9.58. The molecule has 4 rings (SSSR count). The van der Waals surface area contributed by atoms with E-state index in [0.29, 0.717) is 12.0 Å². The van der Waals surface area contributed by atoms with Crippen LogP contribution in [-0.2, 0) is 0 Å². The molecule has 2 heterocycles. The lowest BCUT2D eigenvalue weighted by molar-refractivity contribution is 0.0389. The van der Waals surface area contributed by atoms with Gasteiger partial charge in [-0.3, -0.25) is 9.78 Å². The van der Waals surface area contributed by atoms with Gasteiger partial charge in [-0.25, -0.2) is 0 Å². The molecule has 25 heavy (non-hydrogen) atoms. The minimum absolute atomic E-state index is 0.182. The van der Waals surface area contributed by atoms with E-state index in [9.17, 15) is 4.79 Å². The Bertz CT molecular complexity index is 754. The SMILES string of the molecule is Cc1nc(-c2ccccc2)ccc1C(=O)N1CCCC2CCCCC21. The highest BCUT2D eigenvalue weighted by Crippen LogP contribution is 2.36. The molecule has 1 amide bonds. The summed E-state index contributed by atoms with van der Waals surface area (Å²) in [5, 5.41) is 0. The third kappa shape index (κ3) is 3.20. The molecule has 3 heteroatoms. The lowest BCUT2D eigenvalue weighted by Gasteiger charge is -2.44. The zero-order chi connectivity index (χ0) is 17.2. The van der Waals surface area contributed by atoms with Gasteiger partial charge in [-0.15, -0.1) is 0 Å². The Morgan fingerprint density at radius 1 is 1.00 bits per heavy atom. The summed E-state index contributed by atoms with van der Waals surface area (Å²) < 4.78 is 0. The predicted molar refractivity (Wildman–Crippen MR) is 100 cm³/mol. The second kappa shape index (κ2) is 6.99. The van der Waals surface area contributed by atoms with Crippen LogP contribution in [-0.4, -0.2) is 28.4 Å². The average molecular weight is 334 g/mol. The first-order chi connectivity index (χ1) is 12.2. The van der Waals surface area contributed by atoms with Crippen molar-refractivity contribution in [1.29, 1.82) is 0 Å². The Morgan fingerprint density at radius 2 is 1.76 bits per heavy atom. The molecule has 0 radical (unpaired) electrons. The van der Waals surface area contributed by atoms with Crippen LogP contribution >= 0.6 is 0 Å². The zero-order valence-corrected chi connectivity index (χ0v) is 14.9. The molecule has 2 atom stereocenters. The standard InChI is InChI=1S/C22H26N2O/c1-16-19(13-14-20(23-16)17-8-3-2-4-9-17)22(25)24-15-7-11-18-10-5-6-12-21(18)24/h2-4,8-9,13-14,18,21H,5-7,10-12,15H2,1H3. The first kappa shape index (κ1) is 16.3. The molecule has 2 aromatic rings. The number of piperidine rings is 1. The lowest BCUT2D eigenvalue weighted by Crippen LogP contribution is -2.49. The molecule has 1 aromatic heterocycles. The van der Waals surface area contributed by atoms with E-state index in [1.54, 1.807) is 0 Å². The van der Waals surface area contributed by atoms with Crippen molar-refractivity contribution in [2.75, 3.05) is 6.54 Å². The van der Waals surface area contributed by atoms with Crippen molar-refractivity contribution in [3.05, 3.63) is 53.7 Å². The highest BCUT2D eigenvalue weighted by atomic mass is 16.2. The maximum Gasteiger partial charge on any atom is 0.255 e. The van der Waals surface area contributed by atoms with E-state index in [1.165, 1.54) is 32.1 Å². The number of benzene rings is 1. The minimum Gasteiger partial charge on any atom is -0.335 e. The smallest absolute Gasteiger partial charge is 0.255 e. The predicted octanol–water partition coefficient (Wildman–Crippen LogP) is 4.85. The summed E-state index contributed by atoms with van der Waals surface area (Å²) in [6.07, 6.45) is 7.48. The van der Waals surface area contributed by atoms with E-state index in [0.717, 1.165) is 35.5 Å². The fourth-order valence-corrected chi connectivity index (χ4v) is 4.59. The molecule has 1 saturated heterocycles. The Morgan fingerprint density at radius 3 is 2.56 bits per heavy atom. The highest BCUT2D eigenvalue weighted by molar-refractivity contribution is 5.95. The summed E-state index contributed by atoms with van der Waals surface area (Å²) in [6, 6.07) is 14.6. The van der Waals surface area contributed by atoms with E-state index < -0.39 is 0 Å². The van der Waals surface area contributed by atoms with Gasteiger partial charge >= 0.3 is 0 Å². The van der Waals surface area contributed by atoms with Gasteiger partial charge in [0.1, 0.15) is 0 Å². The second-order valence-corrected chi connectivity index (χ2v) is 7.45. The number of rotatable bonds is 2. The van der Waals surface area contributed by atoms with Crippen LogP contribution in [0, 0.1) is 12.8 Å². The minimum atomic E-state index is 0.182. The molecule has 1 aliphatic heterocycles. The van der Waals surface area contributed by atoms with Crippen LogP contribution in [0.25, 0.3) is 11.3 Å². The molecule has 1 aliphatic carbocycles. The fraction of sp³-hybridized carbons (Fsp3) is 0.455. The van der Waals surface area contributed by atoms with Gasteiger partial charge in [-0.05, 0) is 50.7 Å². The Balaban J connectivity index is 1.59. The highest BCUT2D eigenvalue weighted by Gasteiger charge is 2.36. The van der Waals surface area contributed by atoms with Gasteiger partial charge in [-0.2, -0.15) is 0 Å². The van der Waals surface area contributed by atoms with Crippen LogP contribution in [0.15, 0.2) is 42.5 Å². The summed E-state index contributed by atoms with van der Waals surface area (Å²) in [4.78, 5) is 20.1. The van der Waals surface area contributed by atoms with E-state index in [2.05, 4.69) is 17.0 Å². The topological polar surface area (TPSA) is 33.2 Å². The largest absolute Gasteiger partial charge is 0.335 e. The quantitative estimate of drug-likeness (QED) is 0.786. The Kier molecular flexibility index (Phi) is 4.56. The number of hydrogen-bond donors (Lipinski definition) is 0.